The van der Waals surface area contributed by atoms with Gasteiger partial charge in [-0.3, -0.25) is 0 Å². The molecule has 18 heavy (non-hydrogen) atoms. The Morgan fingerprint density at radius 1 is 1.33 bits per heavy atom. The first-order valence-corrected chi connectivity index (χ1v) is 7.11. The first-order valence-electron chi connectivity index (χ1n) is 5.89. The van der Waals surface area contributed by atoms with Crippen molar-refractivity contribution < 1.29 is 9.90 Å². The molecule has 0 radical (unpaired) electrons. The molecule has 0 aliphatic rings. The SMILES string of the molecule is CSc1ccc(C(O)CNC(=O)NC(C)C)cc1. The summed E-state index contributed by atoms with van der Waals surface area (Å²) in [5, 5.41) is 15.3. The molecule has 0 saturated carbocycles. The average molecular weight is 268 g/mol. The lowest BCUT2D eigenvalue weighted by molar-refractivity contribution is 0.172. The Balaban J connectivity index is 2.44. The maximum absolute atomic E-state index is 11.4. The summed E-state index contributed by atoms with van der Waals surface area (Å²) in [6.45, 7) is 3.98. The molecule has 1 aromatic rings. The molecule has 0 aromatic heterocycles. The zero-order chi connectivity index (χ0) is 13.5. The van der Waals surface area contributed by atoms with E-state index in [4.69, 9.17) is 0 Å². The number of urea groups is 1. The van der Waals surface area contributed by atoms with E-state index < -0.39 is 6.10 Å². The van der Waals surface area contributed by atoms with E-state index in [-0.39, 0.29) is 18.6 Å². The molecule has 0 saturated heterocycles. The van der Waals surface area contributed by atoms with Crippen molar-refractivity contribution in [1.29, 1.82) is 0 Å². The molecule has 1 unspecified atom stereocenters. The van der Waals surface area contributed by atoms with E-state index in [1.807, 2.05) is 44.4 Å². The van der Waals surface area contributed by atoms with Crippen molar-refractivity contribution in [3.05, 3.63) is 29.8 Å². The topological polar surface area (TPSA) is 61.4 Å². The van der Waals surface area contributed by atoms with Crippen LogP contribution in [0.5, 0.6) is 0 Å². The number of amides is 2. The van der Waals surface area contributed by atoms with Crippen LogP contribution in [0.1, 0.15) is 25.5 Å². The smallest absolute Gasteiger partial charge is 0.315 e. The molecule has 0 bridgehead atoms. The van der Waals surface area contributed by atoms with Gasteiger partial charge in [-0.1, -0.05) is 12.1 Å². The van der Waals surface area contributed by atoms with Crippen molar-refractivity contribution >= 4 is 17.8 Å². The van der Waals surface area contributed by atoms with Crippen molar-refractivity contribution in [2.24, 2.45) is 0 Å². The molecular weight excluding hydrogens is 248 g/mol. The van der Waals surface area contributed by atoms with Gasteiger partial charge in [0, 0.05) is 17.5 Å². The molecule has 3 N–H and O–H groups in total. The van der Waals surface area contributed by atoms with Crippen molar-refractivity contribution in [2.75, 3.05) is 12.8 Å². The van der Waals surface area contributed by atoms with Crippen LogP contribution in [0, 0.1) is 0 Å². The van der Waals surface area contributed by atoms with Crippen LogP contribution >= 0.6 is 11.8 Å². The van der Waals surface area contributed by atoms with E-state index in [9.17, 15) is 9.90 Å². The molecular formula is C13H20N2O2S. The second-order valence-electron chi connectivity index (χ2n) is 4.30. The number of thioether (sulfide) groups is 1. The van der Waals surface area contributed by atoms with Gasteiger partial charge in [-0.2, -0.15) is 0 Å². The standard InChI is InChI=1S/C13H20N2O2S/c1-9(2)15-13(17)14-8-12(16)10-4-6-11(18-3)7-5-10/h4-7,9,12,16H,8H2,1-3H3,(H2,14,15,17). The Bertz CT molecular complexity index is 379. The molecule has 0 aliphatic carbocycles. The molecule has 100 valence electrons. The predicted octanol–water partition coefficient (Wildman–Crippen LogP) is 2.15. The molecule has 0 aliphatic heterocycles. The van der Waals surface area contributed by atoms with Crippen LogP contribution in [0.25, 0.3) is 0 Å². The lowest BCUT2D eigenvalue weighted by Crippen LogP contribution is -2.41. The van der Waals surface area contributed by atoms with Crippen LogP contribution in [0.3, 0.4) is 0 Å². The number of aliphatic hydroxyl groups is 1. The largest absolute Gasteiger partial charge is 0.387 e. The number of hydrogen-bond donors (Lipinski definition) is 3. The average Bonchev–Trinajstić information content (AvgIpc) is 2.35. The normalized spacial score (nSPS) is 12.3. The summed E-state index contributed by atoms with van der Waals surface area (Å²) in [7, 11) is 0. The van der Waals surface area contributed by atoms with E-state index in [0.29, 0.717) is 0 Å². The zero-order valence-corrected chi connectivity index (χ0v) is 11.8. The van der Waals surface area contributed by atoms with Crippen molar-refractivity contribution in [3.63, 3.8) is 0 Å². The minimum atomic E-state index is -0.682. The summed E-state index contributed by atoms with van der Waals surface area (Å²) in [4.78, 5) is 12.5. The lowest BCUT2D eigenvalue weighted by atomic mass is 10.1. The molecule has 1 aromatic carbocycles. The number of aliphatic hydroxyl groups excluding tert-OH is 1. The highest BCUT2D eigenvalue weighted by atomic mass is 32.2. The third kappa shape index (κ3) is 4.98. The fourth-order valence-electron chi connectivity index (χ4n) is 1.45. The van der Waals surface area contributed by atoms with E-state index in [1.54, 1.807) is 11.8 Å². The van der Waals surface area contributed by atoms with Gasteiger partial charge in [0.2, 0.25) is 0 Å². The first-order chi connectivity index (χ1) is 8.52. The molecule has 5 heteroatoms. The Labute approximate surface area is 112 Å². The van der Waals surface area contributed by atoms with Gasteiger partial charge in [-0.15, -0.1) is 11.8 Å². The summed E-state index contributed by atoms with van der Waals surface area (Å²) >= 11 is 1.65. The number of carbonyl (C=O) groups excluding carboxylic acids is 1. The number of nitrogens with one attached hydrogen (secondary N) is 2. The van der Waals surface area contributed by atoms with E-state index >= 15 is 0 Å². The number of rotatable bonds is 5. The summed E-state index contributed by atoms with van der Waals surface area (Å²) in [6, 6.07) is 7.49. The molecule has 4 nitrogen and oxygen atoms in total. The second-order valence-corrected chi connectivity index (χ2v) is 5.18. The Morgan fingerprint density at radius 3 is 2.44 bits per heavy atom. The minimum absolute atomic E-state index is 0.0861. The van der Waals surface area contributed by atoms with Gasteiger partial charge in [0.15, 0.2) is 0 Å². The summed E-state index contributed by atoms with van der Waals surface area (Å²) < 4.78 is 0. The Kier molecular flexibility index (Phi) is 6.01. The van der Waals surface area contributed by atoms with Gasteiger partial charge < -0.3 is 15.7 Å². The number of benzene rings is 1. The van der Waals surface area contributed by atoms with Crippen molar-refractivity contribution in [3.8, 4) is 0 Å². The van der Waals surface area contributed by atoms with E-state index in [1.165, 1.54) is 0 Å². The van der Waals surface area contributed by atoms with E-state index in [2.05, 4.69) is 10.6 Å². The van der Waals surface area contributed by atoms with Gasteiger partial charge in [0.25, 0.3) is 0 Å². The Morgan fingerprint density at radius 2 is 1.94 bits per heavy atom. The zero-order valence-electron chi connectivity index (χ0n) is 10.9. The highest BCUT2D eigenvalue weighted by Crippen LogP contribution is 2.18. The number of carbonyl (C=O) groups is 1. The molecule has 0 heterocycles. The van der Waals surface area contributed by atoms with Crippen LogP contribution in [-0.2, 0) is 0 Å². The van der Waals surface area contributed by atoms with Crippen LogP contribution in [0.2, 0.25) is 0 Å². The summed E-state index contributed by atoms with van der Waals surface area (Å²) in [5.41, 5.74) is 0.803. The highest BCUT2D eigenvalue weighted by Gasteiger charge is 2.09. The van der Waals surface area contributed by atoms with Crippen LogP contribution in [0.4, 0.5) is 4.79 Å². The van der Waals surface area contributed by atoms with Crippen molar-refractivity contribution in [1.82, 2.24) is 10.6 Å². The van der Waals surface area contributed by atoms with Crippen LogP contribution < -0.4 is 10.6 Å². The van der Waals surface area contributed by atoms with Crippen LogP contribution in [0.15, 0.2) is 29.2 Å². The number of hydrogen-bond acceptors (Lipinski definition) is 3. The molecule has 0 fully saturated rings. The maximum Gasteiger partial charge on any atom is 0.315 e. The molecule has 1 rings (SSSR count). The monoisotopic (exact) mass is 268 g/mol. The van der Waals surface area contributed by atoms with Gasteiger partial charge in [0.1, 0.15) is 0 Å². The Hall–Kier alpha value is -1.20. The van der Waals surface area contributed by atoms with Crippen molar-refractivity contribution in [2.45, 2.75) is 30.9 Å². The van der Waals surface area contributed by atoms with Gasteiger partial charge in [-0.25, -0.2) is 4.79 Å². The second kappa shape index (κ2) is 7.28. The fourth-order valence-corrected chi connectivity index (χ4v) is 1.85. The fraction of sp³-hybridized carbons (Fsp3) is 0.462. The minimum Gasteiger partial charge on any atom is -0.387 e. The third-order valence-corrected chi connectivity index (χ3v) is 3.12. The van der Waals surface area contributed by atoms with Gasteiger partial charge in [0.05, 0.1) is 6.10 Å². The third-order valence-electron chi connectivity index (χ3n) is 2.38. The summed E-state index contributed by atoms with van der Waals surface area (Å²) in [6.07, 6.45) is 1.32. The summed E-state index contributed by atoms with van der Waals surface area (Å²) in [5.74, 6) is 0. The quantitative estimate of drug-likeness (QED) is 0.717. The molecule has 0 spiro atoms. The molecule has 1 atom stereocenters. The molecule has 2 amide bonds. The van der Waals surface area contributed by atoms with Gasteiger partial charge in [-0.05, 0) is 37.8 Å². The van der Waals surface area contributed by atoms with E-state index in [0.717, 1.165) is 10.5 Å². The van der Waals surface area contributed by atoms with Crippen LogP contribution in [-0.4, -0.2) is 30.0 Å². The predicted molar refractivity (Wildman–Crippen MR) is 74.9 cm³/mol. The van der Waals surface area contributed by atoms with Gasteiger partial charge >= 0.3 is 6.03 Å². The highest BCUT2D eigenvalue weighted by molar-refractivity contribution is 7.98. The first kappa shape index (κ1) is 14.9. The maximum atomic E-state index is 11.4. The lowest BCUT2D eigenvalue weighted by Gasteiger charge is -2.14.